The number of ether oxygens (including phenoxy) is 1. The summed E-state index contributed by atoms with van der Waals surface area (Å²) in [7, 11) is 1.48. The van der Waals surface area contributed by atoms with E-state index < -0.39 is 0 Å². The maximum Gasteiger partial charge on any atom is 0.319 e. The van der Waals surface area contributed by atoms with Crippen LogP contribution < -0.4 is 5.73 Å². The van der Waals surface area contributed by atoms with Crippen molar-refractivity contribution >= 4 is 24.0 Å². The zero-order valence-corrected chi connectivity index (χ0v) is 6.43. The number of hydrogen-bond donors (Lipinski definition) is 1. The van der Waals surface area contributed by atoms with Gasteiger partial charge in [0, 0.05) is 0 Å². The van der Waals surface area contributed by atoms with Crippen molar-refractivity contribution in [3.05, 3.63) is 0 Å². The van der Waals surface area contributed by atoms with Crippen molar-refractivity contribution in [3.8, 4) is 0 Å². The number of aliphatic imine (C=N–C) groups is 4. The van der Waals surface area contributed by atoms with Gasteiger partial charge in [-0.1, -0.05) is 0 Å². The SMILES string of the molecule is COC1=NC2=NC=NC2C(N)=N1. The third-order valence-electron chi connectivity index (χ3n) is 1.55. The van der Waals surface area contributed by atoms with Gasteiger partial charge in [-0.2, -0.15) is 9.98 Å². The fourth-order valence-electron chi connectivity index (χ4n) is 0.981. The topological polar surface area (TPSA) is 84.7 Å². The molecule has 12 heavy (non-hydrogen) atoms. The Kier molecular flexibility index (Phi) is 1.39. The summed E-state index contributed by atoms with van der Waals surface area (Å²) in [5.41, 5.74) is 5.58. The van der Waals surface area contributed by atoms with Crippen LogP contribution in [0.1, 0.15) is 0 Å². The number of fused-ring (bicyclic) bond motifs is 1. The molecular weight excluding hydrogens is 158 g/mol. The Morgan fingerprint density at radius 3 is 3.08 bits per heavy atom. The molecule has 1 atom stereocenters. The van der Waals surface area contributed by atoms with Gasteiger partial charge < -0.3 is 10.5 Å². The number of nitrogens with two attached hydrogens (primary N) is 1. The van der Waals surface area contributed by atoms with Crippen LogP contribution in [0.5, 0.6) is 0 Å². The van der Waals surface area contributed by atoms with Crippen LogP contribution in [0, 0.1) is 0 Å². The zero-order chi connectivity index (χ0) is 8.55. The summed E-state index contributed by atoms with van der Waals surface area (Å²) in [6.07, 6.45) is 1.42. The molecule has 0 bridgehead atoms. The minimum absolute atomic E-state index is 0.230. The third-order valence-corrected chi connectivity index (χ3v) is 1.55. The lowest BCUT2D eigenvalue weighted by molar-refractivity contribution is 0.397. The van der Waals surface area contributed by atoms with E-state index in [1.165, 1.54) is 13.4 Å². The zero-order valence-electron chi connectivity index (χ0n) is 6.43. The Bertz CT molecular complexity index is 327. The monoisotopic (exact) mass is 165 g/mol. The molecule has 2 heterocycles. The van der Waals surface area contributed by atoms with E-state index in [9.17, 15) is 0 Å². The summed E-state index contributed by atoms with van der Waals surface area (Å²) in [6.45, 7) is 0. The molecule has 2 aliphatic heterocycles. The molecule has 0 amide bonds. The molecule has 0 saturated heterocycles. The Morgan fingerprint density at radius 1 is 1.50 bits per heavy atom. The van der Waals surface area contributed by atoms with E-state index in [0.717, 1.165) is 0 Å². The quantitative estimate of drug-likeness (QED) is 0.508. The molecule has 0 spiro atoms. The molecular formula is C6H7N5O. The number of methoxy groups -OCH3 is 1. The van der Waals surface area contributed by atoms with Crippen LogP contribution in [0.2, 0.25) is 0 Å². The molecule has 2 aliphatic rings. The number of amidine groups is 3. The Labute approximate surface area is 68.6 Å². The largest absolute Gasteiger partial charge is 0.467 e. The first-order valence-corrected chi connectivity index (χ1v) is 3.37. The number of hydrogen-bond acceptors (Lipinski definition) is 6. The van der Waals surface area contributed by atoms with Crippen LogP contribution in [-0.2, 0) is 4.74 Å². The summed E-state index contributed by atoms with van der Waals surface area (Å²) < 4.78 is 4.82. The normalized spacial score (nSPS) is 25.8. The van der Waals surface area contributed by atoms with Crippen molar-refractivity contribution in [2.24, 2.45) is 25.7 Å². The van der Waals surface area contributed by atoms with Crippen molar-refractivity contribution in [1.29, 1.82) is 0 Å². The fourth-order valence-corrected chi connectivity index (χ4v) is 0.981. The molecule has 0 aromatic carbocycles. The lowest BCUT2D eigenvalue weighted by Gasteiger charge is -2.12. The van der Waals surface area contributed by atoms with Gasteiger partial charge in [-0.05, 0) is 0 Å². The standard InChI is InChI=1S/C6H7N5O/c1-12-6-10-4(7)3-5(11-6)9-2-8-3/h2-3H,1H3,(H2,7,8,9,10,11). The lowest BCUT2D eigenvalue weighted by Crippen LogP contribution is -2.36. The molecule has 0 aromatic rings. The second kappa shape index (κ2) is 2.40. The average Bonchev–Trinajstić information content (AvgIpc) is 2.52. The molecule has 0 saturated carbocycles. The number of nitrogens with zero attached hydrogens (tertiary/aromatic N) is 4. The van der Waals surface area contributed by atoms with Gasteiger partial charge in [0.2, 0.25) is 0 Å². The van der Waals surface area contributed by atoms with Crippen LogP contribution in [0.25, 0.3) is 0 Å². The third kappa shape index (κ3) is 0.884. The summed E-state index contributed by atoms with van der Waals surface area (Å²) in [5.74, 6) is 0.911. The van der Waals surface area contributed by atoms with Crippen molar-refractivity contribution in [3.63, 3.8) is 0 Å². The average molecular weight is 165 g/mol. The molecule has 0 fully saturated rings. The van der Waals surface area contributed by atoms with E-state index in [1.54, 1.807) is 0 Å². The van der Waals surface area contributed by atoms with Crippen molar-refractivity contribution in [2.75, 3.05) is 7.11 Å². The minimum Gasteiger partial charge on any atom is -0.467 e. The first-order chi connectivity index (χ1) is 5.81. The summed E-state index contributed by atoms with van der Waals surface area (Å²) in [4.78, 5) is 15.7. The molecule has 6 nitrogen and oxygen atoms in total. The second-order valence-electron chi connectivity index (χ2n) is 2.29. The van der Waals surface area contributed by atoms with Crippen LogP contribution in [-0.4, -0.2) is 37.2 Å². The Hall–Kier alpha value is -1.72. The minimum atomic E-state index is -0.302. The molecule has 2 rings (SSSR count). The van der Waals surface area contributed by atoms with Gasteiger partial charge in [0.1, 0.15) is 12.2 Å². The second-order valence-corrected chi connectivity index (χ2v) is 2.29. The predicted octanol–water partition coefficient (Wildman–Crippen LogP) is -0.831. The van der Waals surface area contributed by atoms with Gasteiger partial charge in [-0.25, -0.2) is 4.99 Å². The highest BCUT2D eigenvalue weighted by atomic mass is 16.5. The van der Waals surface area contributed by atoms with Crippen LogP contribution in [0.3, 0.4) is 0 Å². The Morgan fingerprint density at radius 2 is 2.33 bits per heavy atom. The van der Waals surface area contributed by atoms with E-state index in [2.05, 4.69) is 20.0 Å². The molecule has 0 radical (unpaired) electrons. The Balaban J connectivity index is 2.38. The molecule has 0 aliphatic carbocycles. The van der Waals surface area contributed by atoms with Gasteiger partial charge in [-0.3, -0.25) is 4.99 Å². The maximum atomic E-state index is 5.58. The lowest BCUT2D eigenvalue weighted by atomic mass is 10.2. The van der Waals surface area contributed by atoms with Gasteiger partial charge in [0.05, 0.1) is 7.11 Å². The highest BCUT2D eigenvalue weighted by Crippen LogP contribution is 2.08. The first-order valence-electron chi connectivity index (χ1n) is 3.37. The van der Waals surface area contributed by atoms with Crippen molar-refractivity contribution in [2.45, 2.75) is 6.04 Å². The first kappa shape index (κ1) is 6.96. The van der Waals surface area contributed by atoms with Gasteiger partial charge >= 0.3 is 6.02 Å². The predicted molar refractivity (Wildman–Crippen MR) is 45.8 cm³/mol. The van der Waals surface area contributed by atoms with E-state index >= 15 is 0 Å². The maximum absolute atomic E-state index is 5.58. The van der Waals surface area contributed by atoms with Crippen LogP contribution >= 0.6 is 0 Å². The van der Waals surface area contributed by atoms with E-state index in [4.69, 9.17) is 10.5 Å². The molecule has 1 unspecified atom stereocenters. The molecule has 62 valence electrons. The van der Waals surface area contributed by atoms with E-state index in [1.807, 2.05) is 0 Å². The summed E-state index contributed by atoms with van der Waals surface area (Å²) in [6, 6.07) is -0.0723. The van der Waals surface area contributed by atoms with Crippen molar-refractivity contribution < 1.29 is 4.74 Å². The fraction of sp³-hybridized carbons (Fsp3) is 0.333. The smallest absolute Gasteiger partial charge is 0.319 e. The highest BCUT2D eigenvalue weighted by molar-refractivity contribution is 6.21. The summed E-state index contributed by atoms with van der Waals surface area (Å²) in [5, 5.41) is 0. The van der Waals surface area contributed by atoms with Gasteiger partial charge in [0.25, 0.3) is 0 Å². The number of rotatable bonds is 0. The van der Waals surface area contributed by atoms with Crippen molar-refractivity contribution in [1.82, 2.24) is 0 Å². The molecule has 2 N–H and O–H groups in total. The van der Waals surface area contributed by atoms with E-state index in [0.29, 0.717) is 11.7 Å². The van der Waals surface area contributed by atoms with Gasteiger partial charge in [-0.15, -0.1) is 0 Å². The van der Waals surface area contributed by atoms with Gasteiger partial charge in [0.15, 0.2) is 11.9 Å². The van der Waals surface area contributed by atoms with Crippen LogP contribution in [0.4, 0.5) is 0 Å². The summed E-state index contributed by atoms with van der Waals surface area (Å²) >= 11 is 0. The van der Waals surface area contributed by atoms with E-state index in [-0.39, 0.29) is 12.1 Å². The molecule has 6 heteroatoms. The van der Waals surface area contributed by atoms with Crippen LogP contribution in [0.15, 0.2) is 20.0 Å². The highest BCUT2D eigenvalue weighted by Gasteiger charge is 2.26. The molecule has 0 aromatic heterocycles.